The minimum Gasteiger partial charge on any atom is -0.435 e. The minimum absolute atomic E-state index is 0.0262. The third-order valence-corrected chi connectivity index (χ3v) is 6.12. The number of carbonyl (C=O) groups excluding carboxylic acids is 1. The number of aromatic nitrogens is 5. The third-order valence-electron chi connectivity index (χ3n) is 6.12. The molecular formula is C24H28F2N6O3. The molecule has 0 unspecified atom stereocenters. The van der Waals surface area contributed by atoms with E-state index in [4.69, 9.17) is 0 Å². The lowest BCUT2D eigenvalue weighted by Gasteiger charge is -2.26. The number of aliphatic hydroxyl groups excluding tert-OH is 1. The number of alkyl halides is 2. The van der Waals surface area contributed by atoms with Gasteiger partial charge in [0.15, 0.2) is 0 Å². The van der Waals surface area contributed by atoms with Crippen molar-refractivity contribution in [2.45, 2.75) is 52.3 Å². The van der Waals surface area contributed by atoms with Crippen molar-refractivity contribution in [3.8, 4) is 17.1 Å². The van der Waals surface area contributed by atoms with Gasteiger partial charge in [0, 0.05) is 24.4 Å². The van der Waals surface area contributed by atoms with E-state index in [1.165, 1.54) is 12.1 Å². The van der Waals surface area contributed by atoms with E-state index in [1.807, 2.05) is 0 Å². The Morgan fingerprint density at radius 2 is 1.97 bits per heavy atom. The molecule has 1 fully saturated rings. The molecule has 2 heterocycles. The van der Waals surface area contributed by atoms with Crippen LogP contribution in [0.2, 0.25) is 0 Å². The second kappa shape index (κ2) is 11.3. The Labute approximate surface area is 201 Å². The van der Waals surface area contributed by atoms with Crippen molar-refractivity contribution in [1.29, 1.82) is 0 Å². The number of aryl methyl sites for hydroxylation is 1. The van der Waals surface area contributed by atoms with Crippen LogP contribution in [0.25, 0.3) is 11.4 Å². The number of pyridine rings is 1. The summed E-state index contributed by atoms with van der Waals surface area (Å²) in [5.74, 6) is 0.863. The number of hydrogen-bond acceptors (Lipinski definition) is 7. The summed E-state index contributed by atoms with van der Waals surface area (Å²) in [6.07, 6.45) is 4.07. The maximum atomic E-state index is 12.7. The Kier molecular flexibility index (Phi) is 7.96. The largest absolute Gasteiger partial charge is 0.435 e. The zero-order chi connectivity index (χ0) is 24.8. The lowest BCUT2D eigenvalue weighted by molar-refractivity contribution is -0.0498. The van der Waals surface area contributed by atoms with E-state index in [9.17, 15) is 18.7 Å². The summed E-state index contributed by atoms with van der Waals surface area (Å²) in [6, 6.07) is 9.54. The van der Waals surface area contributed by atoms with E-state index in [0.717, 1.165) is 25.7 Å². The summed E-state index contributed by atoms with van der Waals surface area (Å²) in [6.45, 7) is -0.110. The first-order valence-corrected chi connectivity index (χ1v) is 11.6. The average molecular weight is 487 g/mol. The quantitative estimate of drug-likeness (QED) is 0.477. The van der Waals surface area contributed by atoms with Gasteiger partial charge in [-0.3, -0.25) is 4.79 Å². The number of tetrazole rings is 1. The molecule has 9 nitrogen and oxygen atoms in total. The van der Waals surface area contributed by atoms with Crippen molar-refractivity contribution in [1.82, 2.24) is 30.5 Å². The molecule has 3 aromatic rings. The second-order valence-corrected chi connectivity index (χ2v) is 8.83. The van der Waals surface area contributed by atoms with Crippen LogP contribution in [-0.2, 0) is 13.1 Å². The van der Waals surface area contributed by atoms with Crippen LogP contribution in [-0.4, -0.2) is 49.4 Å². The molecule has 35 heavy (non-hydrogen) atoms. The molecule has 1 saturated carbocycles. The van der Waals surface area contributed by atoms with Crippen LogP contribution in [0, 0.1) is 18.8 Å². The number of carbonyl (C=O) groups is 1. The Balaban J connectivity index is 1.39. The highest BCUT2D eigenvalue weighted by molar-refractivity contribution is 5.93. The van der Waals surface area contributed by atoms with E-state index in [0.29, 0.717) is 41.0 Å². The van der Waals surface area contributed by atoms with E-state index >= 15 is 0 Å². The molecule has 0 aliphatic heterocycles. The highest BCUT2D eigenvalue weighted by Gasteiger charge is 2.22. The summed E-state index contributed by atoms with van der Waals surface area (Å²) in [5.41, 5.74) is 2.06. The number of ether oxygens (including phenoxy) is 1. The molecule has 2 N–H and O–H groups in total. The Hall–Kier alpha value is -3.47. The van der Waals surface area contributed by atoms with Gasteiger partial charge in [0.1, 0.15) is 11.4 Å². The molecule has 0 bridgehead atoms. The normalized spacial score (nSPS) is 18.0. The number of rotatable bonds is 9. The fourth-order valence-corrected chi connectivity index (χ4v) is 4.28. The average Bonchev–Trinajstić information content (AvgIpc) is 3.31. The van der Waals surface area contributed by atoms with E-state index in [2.05, 4.69) is 30.4 Å². The molecule has 1 aromatic carbocycles. The van der Waals surface area contributed by atoms with Crippen molar-refractivity contribution in [3.05, 3.63) is 53.3 Å². The first-order valence-electron chi connectivity index (χ1n) is 11.6. The molecule has 11 heteroatoms. The topological polar surface area (TPSA) is 115 Å². The zero-order valence-electron chi connectivity index (χ0n) is 19.4. The van der Waals surface area contributed by atoms with E-state index in [1.54, 1.807) is 36.0 Å². The molecule has 1 aliphatic rings. The fourth-order valence-electron chi connectivity index (χ4n) is 4.28. The maximum Gasteiger partial charge on any atom is 0.387 e. The lowest BCUT2D eigenvalue weighted by atomic mass is 9.82. The van der Waals surface area contributed by atoms with Gasteiger partial charge in [-0.1, -0.05) is 12.1 Å². The van der Waals surface area contributed by atoms with Crippen molar-refractivity contribution in [2.24, 2.45) is 11.8 Å². The molecule has 0 spiro atoms. The lowest BCUT2D eigenvalue weighted by Crippen LogP contribution is -2.24. The molecular weight excluding hydrogens is 458 g/mol. The summed E-state index contributed by atoms with van der Waals surface area (Å²) in [4.78, 5) is 18.6. The van der Waals surface area contributed by atoms with Gasteiger partial charge in [-0.25, -0.2) is 4.98 Å². The van der Waals surface area contributed by atoms with Crippen LogP contribution < -0.4 is 10.1 Å². The van der Waals surface area contributed by atoms with Crippen LogP contribution in [0.4, 0.5) is 8.78 Å². The third kappa shape index (κ3) is 6.78. The number of nitrogens with zero attached hydrogens (tertiary/aromatic N) is 5. The zero-order valence-corrected chi connectivity index (χ0v) is 19.4. The van der Waals surface area contributed by atoms with Gasteiger partial charge in [-0.2, -0.15) is 13.6 Å². The van der Waals surface area contributed by atoms with Crippen LogP contribution >= 0.6 is 0 Å². The fraction of sp³-hybridized carbons (Fsp3) is 0.458. The molecule has 4 rings (SSSR count). The van der Waals surface area contributed by atoms with Crippen LogP contribution in [0.15, 0.2) is 36.4 Å². The van der Waals surface area contributed by atoms with Gasteiger partial charge in [-0.05, 0) is 79.5 Å². The standard InChI is InChI=1S/C24H28F2N6O3/c1-15-9-19(22-29-31-32(30-22)13-16-5-7-17(14-33)8-6-16)11-21(28-15)23(34)27-12-18-3-2-4-20(10-18)35-24(25)26/h2-4,9-11,16-17,24,33H,5-8,12-14H2,1H3,(H,27,34). The Morgan fingerprint density at radius 3 is 2.71 bits per heavy atom. The Morgan fingerprint density at radius 1 is 1.20 bits per heavy atom. The number of amides is 1. The molecule has 1 aliphatic carbocycles. The maximum absolute atomic E-state index is 12.7. The summed E-state index contributed by atoms with van der Waals surface area (Å²) < 4.78 is 29.2. The molecule has 186 valence electrons. The Bertz CT molecular complexity index is 1150. The highest BCUT2D eigenvalue weighted by Crippen LogP contribution is 2.29. The van der Waals surface area contributed by atoms with Crippen LogP contribution in [0.1, 0.15) is 47.4 Å². The van der Waals surface area contributed by atoms with Gasteiger partial charge in [0.2, 0.25) is 5.82 Å². The number of benzene rings is 1. The van der Waals surface area contributed by atoms with Gasteiger partial charge in [0.25, 0.3) is 5.91 Å². The molecule has 2 aromatic heterocycles. The summed E-state index contributed by atoms with van der Waals surface area (Å²) >= 11 is 0. The second-order valence-electron chi connectivity index (χ2n) is 8.83. The number of nitrogens with one attached hydrogen (secondary N) is 1. The van der Waals surface area contributed by atoms with E-state index < -0.39 is 12.5 Å². The number of aliphatic hydroxyl groups is 1. The smallest absolute Gasteiger partial charge is 0.387 e. The highest BCUT2D eigenvalue weighted by atomic mass is 19.3. The van der Waals surface area contributed by atoms with Gasteiger partial charge in [0.05, 0.1) is 6.54 Å². The van der Waals surface area contributed by atoms with Gasteiger partial charge in [-0.15, -0.1) is 10.2 Å². The van der Waals surface area contributed by atoms with Crippen molar-refractivity contribution in [3.63, 3.8) is 0 Å². The molecule has 0 radical (unpaired) electrons. The van der Waals surface area contributed by atoms with Gasteiger partial charge >= 0.3 is 6.61 Å². The first kappa shape index (κ1) is 24.6. The summed E-state index contributed by atoms with van der Waals surface area (Å²) in [5, 5.41) is 24.9. The van der Waals surface area contributed by atoms with Crippen molar-refractivity contribution >= 4 is 5.91 Å². The summed E-state index contributed by atoms with van der Waals surface area (Å²) in [7, 11) is 0. The number of hydrogen-bond donors (Lipinski definition) is 2. The predicted molar refractivity (Wildman–Crippen MR) is 123 cm³/mol. The molecule has 1 amide bonds. The minimum atomic E-state index is -2.91. The molecule has 0 atom stereocenters. The predicted octanol–water partition coefficient (Wildman–Crippen LogP) is 3.37. The molecule has 0 saturated heterocycles. The van der Waals surface area contributed by atoms with E-state index in [-0.39, 0.29) is 24.6 Å². The monoisotopic (exact) mass is 486 g/mol. The van der Waals surface area contributed by atoms with Gasteiger partial charge < -0.3 is 15.2 Å². The van der Waals surface area contributed by atoms with Crippen molar-refractivity contribution < 1.29 is 23.4 Å². The van der Waals surface area contributed by atoms with Crippen molar-refractivity contribution in [2.75, 3.05) is 6.61 Å². The first-order chi connectivity index (χ1) is 16.9. The van der Waals surface area contributed by atoms with Crippen LogP contribution in [0.3, 0.4) is 0 Å². The SMILES string of the molecule is Cc1cc(-c2nnn(CC3CCC(CO)CC3)n2)cc(C(=O)NCc2cccc(OC(F)F)c2)n1. The number of halogens is 2. The van der Waals surface area contributed by atoms with Crippen LogP contribution in [0.5, 0.6) is 5.75 Å².